The van der Waals surface area contributed by atoms with Crippen LogP contribution >= 0.6 is 23.2 Å². The van der Waals surface area contributed by atoms with Crippen molar-refractivity contribution in [1.82, 2.24) is 4.90 Å². The van der Waals surface area contributed by atoms with Crippen molar-refractivity contribution in [2.24, 2.45) is 0 Å². The Morgan fingerprint density at radius 1 is 1.15 bits per heavy atom. The number of hydrogen-bond acceptors (Lipinski definition) is 3. The van der Waals surface area contributed by atoms with E-state index in [9.17, 15) is 9.59 Å². The first kappa shape index (κ1) is 20.1. The quantitative estimate of drug-likeness (QED) is 0.820. The zero-order valence-electron chi connectivity index (χ0n) is 15.0. The maximum atomic E-state index is 12.5. The lowest BCUT2D eigenvalue weighted by Gasteiger charge is -2.18. The fourth-order valence-corrected chi connectivity index (χ4v) is 3.10. The monoisotopic (exact) mass is 394 g/mol. The molecule has 138 valence electrons. The molecule has 2 amide bonds. The normalized spacial score (nSPS) is 10.4. The van der Waals surface area contributed by atoms with Crippen LogP contribution in [0.4, 0.5) is 5.69 Å². The number of carbonyl (C=O) groups excluding carboxylic acids is 2. The predicted molar refractivity (Wildman–Crippen MR) is 105 cm³/mol. The second-order valence-electron chi connectivity index (χ2n) is 5.93. The number of aryl methyl sites for hydroxylation is 1. The van der Waals surface area contributed by atoms with Crippen LogP contribution in [0.1, 0.15) is 21.5 Å². The summed E-state index contributed by atoms with van der Waals surface area (Å²) in [6.07, 6.45) is 0. The van der Waals surface area contributed by atoms with Crippen LogP contribution in [-0.2, 0) is 4.79 Å². The zero-order chi connectivity index (χ0) is 19.4. The number of ether oxygens (including phenoxy) is 1. The van der Waals surface area contributed by atoms with Gasteiger partial charge in [-0.25, -0.2) is 0 Å². The van der Waals surface area contributed by atoms with Crippen LogP contribution in [0.5, 0.6) is 5.75 Å². The van der Waals surface area contributed by atoms with Crippen molar-refractivity contribution in [2.45, 2.75) is 13.8 Å². The lowest BCUT2D eigenvalue weighted by Crippen LogP contribution is -2.35. The molecule has 0 aliphatic heterocycles. The van der Waals surface area contributed by atoms with E-state index in [0.717, 1.165) is 16.8 Å². The molecular formula is C19H20Cl2N2O3. The summed E-state index contributed by atoms with van der Waals surface area (Å²) in [4.78, 5) is 26.1. The number of nitrogens with one attached hydrogen (secondary N) is 1. The Hall–Kier alpha value is -2.24. The van der Waals surface area contributed by atoms with Gasteiger partial charge in [0.15, 0.2) is 5.75 Å². The maximum Gasteiger partial charge on any atom is 0.254 e. The standard InChI is InChI=1S/C19H20Cl2N2O3/c1-11-6-5-7-16(12(11)2)22-17(24)10-23(3)19(25)13-8-14(20)18(26-4)15(21)9-13/h5-9H,10H2,1-4H3,(H,22,24). The van der Waals surface area contributed by atoms with Crippen LogP contribution < -0.4 is 10.1 Å². The highest BCUT2D eigenvalue weighted by molar-refractivity contribution is 6.37. The highest BCUT2D eigenvalue weighted by atomic mass is 35.5. The van der Waals surface area contributed by atoms with Crippen molar-refractivity contribution in [2.75, 3.05) is 26.0 Å². The summed E-state index contributed by atoms with van der Waals surface area (Å²) < 4.78 is 5.07. The fourth-order valence-electron chi connectivity index (χ4n) is 2.46. The van der Waals surface area contributed by atoms with E-state index in [2.05, 4.69) is 5.32 Å². The summed E-state index contributed by atoms with van der Waals surface area (Å²) in [6.45, 7) is 3.80. The Kier molecular flexibility index (Phi) is 6.51. The second kappa shape index (κ2) is 8.43. The van der Waals surface area contributed by atoms with E-state index in [1.807, 2.05) is 32.0 Å². The van der Waals surface area contributed by atoms with Crippen molar-refractivity contribution in [1.29, 1.82) is 0 Å². The topological polar surface area (TPSA) is 58.6 Å². The predicted octanol–water partition coefficient (Wildman–Crippen LogP) is 4.33. The van der Waals surface area contributed by atoms with Crippen molar-refractivity contribution in [3.63, 3.8) is 0 Å². The molecule has 0 spiro atoms. The zero-order valence-corrected chi connectivity index (χ0v) is 16.5. The smallest absolute Gasteiger partial charge is 0.254 e. The van der Waals surface area contributed by atoms with Crippen molar-refractivity contribution in [3.8, 4) is 5.75 Å². The minimum atomic E-state index is -0.368. The van der Waals surface area contributed by atoms with E-state index in [1.54, 1.807) is 0 Å². The first-order chi connectivity index (χ1) is 12.2. The van der Waals surface area contributed by atoms with Gasteiger partial charge >= 0.3 is 0 Å². The summed E-state index contributed by atoms with van der Waals surface area (Å²) in [5, 5.41) is 3.29. The Balaban J connectivity index is 2.09. The first-order valence-corrected chi connectivity index (χ1v) is 8.64. The number of anilines is 1. The molecule has 0 saturated carbocycles. The van der Waals surface area contributed by atoms with Crippen LogP contribution in [0.25, 0.3) is 0 Å². The van der Waals surface area contributed by atoms with Gasteiger partial charge in [-0.05, 0) is 43.2 Å². The van der Waals surface area contributed by atoms with Gasteiger partial charge in [-0.15, -0.1) is 0 Å². The molecule has 2 aromatic carbocycles. The molecule has 7 heteroatoms. The molecule has 0 unspecified atom stereocenters. The number of amides is 2. The summed E-state index contributed by atoms with van der Waals surface area (Å²) in [5.74, 6) is -0.354. The molecule has 0 heterocycles. The lowest BCUT2D eigenvalue weighted by molar-refractivity contribution is -0.116. The number of nitrogens with zero attached hydrogens (tertiary/aromatic N) is 1. The molecule has 0 fully saturated rings. The molecule has 26 heavy (non-hydrogen) atoms. The third kappa shape index (κ3) is 4.48. The summed E-state index contributed by atoms with van der Waals surface area (Å²) in [5.41, 5.74) is 3.08. The van der Waals surface area contributed by atoms with E-state index in [-0.39, 0.29) is 34.0 Å². The first-order valence-electron chi connectivity index (χ1n) is 7.89. The Morgan fingerprint density at radius 3 is 2.35 bits per heavy atom. The van der Waals surface area contributed by atoms with Crippen LogP contribution in [0, 0.1) is 13.8 Å². The second-order valence-corrected chi connectivity index (χ2v) is 6.74. The number of methoxy groups -OCH3 is 1. The van der Waals surface area contributed by atoms with Gasteiger partial charge in [0.25, 0.3) is 5.91 Å². The highest BCUT2D eigenvalue weighted by Gasteiger charge is 2.19. The largest absolute Gasteiger partial charge is 0.494 e. The van der Waals surface area contributed by atoms with Gasteiger partial charge in [-0.2, -0.15) is 0 Å². The van der Waals surface area contributed by atoms with Gasteiger partial charge in [-0.1, -0.05) is 35.3 Å². The van der Waals surface area contributed by atoms with E-state index < -0.39 is 0 Å². The van der Waals surface area contributed by atoms with Gasteiger partial charge in [0, 0.05) is 18.3 Å². The van der Waals surface area contributed by atoms with Crippen LogP contribution in [0.15, 0.2) is 30.3 Å². The number of likely N-dealkylation sites (N-methyl/N-ethyl adjacent to an activating group) is 1. The molecule has 0 aliphatic carbocycles. The van der Waals surface area contributed by atoms with Gasteiger partial charge in [0.1, 0.15) is 0 Å². The molecule has 1 N–H and O–H groups in total. The molecule has 5 nitrogen and oxygen atoms in total. The number of hydrogen-bond donors (Lipinski definition) is 1. The molecular weight excluding hydrogens is 375 g/mol. The molecule has 0 bridgehead atoms. The van der Waals surface area contributed by atoms with E-state index in [1.165, 1.54) is 31.2 Å². The Bertz CT molecular complexity index is 830. The number of rotatable bonds is 5. The van der Waals surface area contributed by atoms with E-state index in [4.69, 9.17) is 27.9 Å². The molecule has 0 radical (unpaired) electrons. The average molecular weight is 395 g/mol. The van der Waals surface area contributed by atoms with Crippen molar-refractivity contribution >= 4 is 40.7 Å². The lowest BCUT2D eigenvalue weighted by atomic mass is 10.1. The van der Waals surface area contributed by atoms with Gasteiger partial charge < -0.3 is 15.0 Å². The SMILES string of the molecule is COc1c(Cl)cc(C(=O)N(C)CC(=O)Nc2cccc(C)c2C)cc1Cl. The van der Waals surface area contributed by atoms with Crippen LogP contribution in [-0.4, -0.2) is 37.4 Å². The molecule has 0 aliphatic rings. The minimum Gasteiger partial charge on any atom is -0.494 e. The van der Waals surface area contributed by atoms with E-state index >= 15 is 0 Å². The molecule has 0 aromatic heterocycles. The third-order valence-electron chi connectivity index (χ3n) is 4.06. The van der Waals surface area contributed by atoms with Crippen molar-refractivity contribution in [3.05, 3.63) is 57.1 Å². The number of benzene rings is 2. The molecule has 2 rings (SSSR count). The molecule has 2 aromatic rings. The summed E-state index contributed by atoms with van der Waals surface area (Å²) in [6, 6.07) is 8.60. The van der Waals surface area contributed by atoms with Crippen LogP contribution in [0.2, 0.25) is 10.0 Å². The highest BCUT2D eigenvalue weighted by Crippen LogP contribution is 2.34. The number of carbonyl (C=O) groups is 2. The van der Waals surface area contributed by atoms with Crippen molar-refractivity contribution < 1.29 is 14.3 Å². The Morgan fingerprint density at radius 2 is 1.77 bits per heavy atom. The van der Waals surface area contributed by atoms with Gasteiger partial charge in [0.05, 0.1) is 23.7 Å². The molecule has 0 saturated heterocycles. The summed E-state index contributed by atoms with van der Waals surface area (Å²) >= 11 is 12.1. The van der Waals surface area contributed by atoms with Gasteiger partial charge in [-0.3, -0.25) is 9.59 Å². The molecule has 0 atom stereocenters. The van der Waals surface area contributed by atoms with Gasteiger partial charge in [0.2, 0.25) is 5.91 Å². The third-order valence-corrected chi connectivity index (χ3v) is 4.62. The fraction of sp³-hybridized carbons (Fsp3) is 0.263. The number of halogens is 2. The Labute approximate surface area is 162 Å². The minimum absolute atomic E-state index is 0.104. The maximum absolute atomic E-state index is 12.5. The summed E-state index contributed by atoms with van der Waals surface area (Å²) in [7, 11) is 2.98. The van der Waals surface area contributed by atoms with E-state index in [0.29, 0.717) is 5.75 Å². The average Bonchev–Trinajstić information content (AvgIpc) is 2.57. The van der Waals surface area contributed by atoms with Crippen LogP contribution in [0.3, 0.4) is 0 Å².